The second kappa shape index (κ2) is 7.72. The number of halogens is 2. The number of methoxy groups -OCH3 is 2. The maximum Gasteiger partial charge on any atom is 0.338 e. The van der Waals surface area contributed by atoms with Crippen molar-refractivity contribution in [3.63, 3.8) is 0 Å². The average Bonchev–Trinajstić information content (AvgIpc) is 3.21. The fraction of sp³-hybridized carbons (Fsp3) is 0.478. The molecule has 2 aliphatic carbocycles. The molecule has 0 radical (unpaired) electrons. The number of aromatic nitrogens is 4. The third-order valence-corrected chi connectivity index (χ3v) is 6.90. The number of rotatable bonds is 7. The Kier molecular flexibility index (Phi) is 5.08. The number of hydrogen-bond donors (Lipinski definition) is 0. The van der Waals surface area contributed by atoms with Crippen molar-refractivity contribution in [2.45, 2.75) is 56.1 Å². The first-order chi connectivity index (χ1) is 15.8. The van der Waals surface area contributed by atoms with Crippen LogP contribution in [0.15, 0.2) is 34.9 Å². The zero-order valence-electron chi connectivity index (χ0n) is 18.5. The van der Waals surface area contributed by atoms with E-state index in [9.17, 15) is 13.6 Å². The van der Waals surface area contributed by atoms with E-state index in [4.69, 9.17) is 14.0 Å². The molecule has 2 fully saturated rings. The van der Waals surface area contributed by atoms with Gasteiger partial charge in [0.1, 0.15) is 5.69 Å². The smallest absolute Gasteiger partial charge is 0.338 e. The number of ether oxygens (including phenoxy) is 2. The molecule has 2 heterocycles. The summed E-state index contributed by atoms with van der Waals surface area (Å²) >= 11 is 0. The quantitative estimate of drug-likeness (QED) is 0.491. The van der Waals surface area contributed by atoms with Crippen molar-refractivity contribution in [2.24, 2.45) is 0 Å². The van der Waals surface area contributed by atoms with Crippen molar-refractivity contribution in [1.82, 2.24) is 19.9 Å². The molecule has 0 N–H and O–H groups in total. The van der Waals surface area contributed by atoms with Gasteiger partial charge >= 0.3 is 5.97 Å². The molecule has 2 saturated carbocycles. The van der Waals surface area contributed by atoms with Crippen LogP contribution in [-0.2, 0) is 19.7 Å². The Balaban J connectivity index is 1.44. The molecule has 0 spiro atoms. The number of aryl methyl sites for hydroxylation is 1. The van der Waals surface area contributed by atoms with Crippen LogP contribution < -0.4 is 0 Å². The Labute approximate surface area is 188 Å². The molecule has 174 valence electrons. The van der Waals surface area contributed by atoms with E-state index >= 15 is 0 Å². The zero-order valence-corrected chi connectivity index (χ0v) is 18.5. The van der Waals surface area contributed by atoms with Crippen LogP contribution in [-0.4, -0.2) is 45.7 Å². The lowest BCUT2D eigenvalue weighted by Gasteiger charge is -2.44. The Hall–Kier alpha value is -3.14. The fourth-order valence-electron chi connectivity index (χ4n) is 4.82. The minimum Gasteiger partial charge on any atom is -0.467 e. The van der Waals surface area contributed by atoms with Gasteiger partial charge < -0.3 is 14.0 Å². The van der Waals surface area contributed by atoms with Crippen LogP contribution in [0.3, 0.4) is 0 Å². The van der Waals surface area contributed by atoms with Gasteiger partial charge in [0.25, 0.3) is 12.3 Å². The molecule has 10 heteroatoms. The topological polar surface area (TPSA) is 92.3 Å². The first kappa shape index (κ1) is 21.7. The molecule has 33 heavy (non-hydrogen) atoms. The number of nitrogens with zero attached hydrogens (tertiary/aromatic N) is 4. The van der Waals surface area contributed by atoms with Gasteiger partial charge in [-0.1, -0.05) is 29.4 Å². The second-order valence-electron chi connectivity index (χ2n) is 8.77. The first-order valence-electron chi connectivity index (χ1n) is 10.8. The predicted molar refractivity (Wildman–Crippen MR) is 112 cm³/mol. The highest BCUT2D eigenvalue weighted by Gasteiger charge is 2.54. The first-order valence-corrected chi connectivity index (χ1v) is 10.8. The van der Waals surface area contributed by atoms with Crippen molar-refractivity contribution >= 4 is 5.97 Å². The molecular formula is C23H24F2N4O4. The van der Waals surface area contributed by atoms with Crippen molar-refractivity contribution in [2.75, 3.05) is 14.2 Å². The van der Waals surface area contributed by atoms with Gasteiger partial charge in [0.05, 0.1) is 18.6 Å². The van der Waals surface area contributed by atoms with Crippen LogP contribution in [0.2, 0.25) is 0 Å². The Bertz CT molecular complexity index is 1190. The third-order valence-electron chi connectivity index (χ3n) is 6.90. The summed E-state index contributed by atoms with van der Waals surface area (Å²) in [5.41, 5.74) is 0.733. The molecule has 0 bridgehead atoms. The highest BCUT2D eigenvalue weighted by molar-refractivity contribution is 5.81. The summed E-state index contributed by atoms with van der Waals surface area (Å²) in [5, 5.41) is 8.52. The van der Waals surface area contributed by atoms with Gasteiger partial charge in [0, 0.05) is 20.0 Å². The number of benzene rings is 1. The summed E-state index contributed by atoms with van der Waals surface area (Å²) in [5.74, 6) is 0.100. The normalized spacial score (nSPS) is 23.4. The van der Waals surface area contributed by atoms with Crippen molar-refractivity contribution in [3.05, 3.63) is 53.0 Å². The van der Waals surface area contributed by atoms with E-state index in [2.05, 4.69) is 21.3 Å². The lowest BCUT2D eigenvalue weighted by atomic mass is 9.75. The molecular weight excluding hydrogens is 434 g/mol. The molecule has 3 aromatic rings. The summed E-state index contributed by atoms with van der Waals surface area (Å²) in [6.45, 7) is 2.04. The Morgan fingerprint density at radius 2 is 1.97 bits per heavy atom. The van der Waals surface area contributed by atoms with Crippen LogP contribution in [0, 0.1) is 6.92 Å². The van der Waals surface area contributed by atoms with E-state index in [1.165, 1.54) is 25.0 Å². The standard InChI is InChI=1S/C23H24F2N4O4/c1-13-6-4-5-7-15(13)22(8-9-22)20-26-19(33-28-20)16-10-17(18(24)25)29(27-16)14-11-23(12-14,32-3)21(30)31-2/h4-7,10,14,18H,8-9,11-12H2,1-3H3. The summed E-state index contributed by atoms with van der Waals surface area (Å²) in [7, 11) is 2.67. The molecule has 2 aliphatic rings. The number of carbonyl (C=O) groups excluding carboxylic acids is 1. The lowest BCUT2D eigenvalue weighted by molar-refractivity contribution is -0.183. The molecule has 0 amide bonds. The summed E-state index contributed by atoms with van der Waals surface area (Å²) in [4.78, 5) is 16.6. The molecule has 0 unspecified atom stereocenters. The van der Waals surface area contributed by atoms with Crippen LogP contribution in [0.25, 0.3) is 11.6 Å². The molecule has 8 nitrogen and oxygen atoms in total. The van der Waals surface area contributed by atoms with Gasteiger partial charge in [0.15, 0.2) is 17.1 Å². The summed E-state index contributed by atoms with van der Waals surface area (Å²) in [6.07, 6.45) is -0.610. The highest BCUT2D eigenvalue weighted by Crippen LogP contribution is 2.53. The highest BCUT2D eigenvalue weighted by atomic mass is 19.3. The lowest BCUT2D eigenvalue weighted by Crippen LogP contribution is -2.53. The maximum atomic E-state index is 13.8. The second-order valence-corrected chi connectivity index (χ2v) is 8.77. The SMILES string of the molecule is COC(=O)C1(OC)CC(n2nc(-c3nc(C4(c5ccccc5C)CC4)no3)cc2C(F)F)C1. The van der Waals surface area contributed by atoms with Gasteiger partial charge in [-0.3, -0.25) is 4.68 Å². The number of esters is 1. The van der Waals surface area contributed by atoms with E-state index < -0.39 is 24.0 Å². The predicted octanol–water partition coefficient (Wildman–Crippen LogP) is 4.15. The van der Waals surface area contributed by atoms with E-state index in [1.54, 1.807) is 0 Å². The number of carbonyl (C=O) groups is 1. The van der Waals surface area contributed by atoms with Crippen LogP contribution in [0.1, 0.15) is 60.8 Å². The van der Waals surface area contributed by atoms with Crippen molar-refractivity contribution < 1.29 is 27.6 Å². The molecule has 0 aliphatic heterocycles. The Morgan fingerprint density at radius 3 is 2.58 bits per heavy atom. The molecule has 1 aromatic carbocycles. The van der Waals surface area contributed by atoms with Crippen LogP contribution >= 0.6 is 0 Å². The van der Waals surface area contributed by atoms with Crippen molar-refractivity contribution in [3.8, 4) is 11.6 Å². The largest absolute Gasteiger partial charge is 0.467 e. The van der Waals surface area contributed by atoms with Crippen LogP contribution in [0.4, 0.5) is 8.78 Å². The van der Waals surface area contributed by atoms with Gasteiger partial charge in [-0.05, 0) is 37.0 Å². The third kappa shape index (κ3) is 3.35. The minimum atomic E-state index is -2.76. The monoisotopic (exact) mass is 458 g/mol. The van der Waals surface area contributed by atoms with Crippen LogP contribution in [0.5, 0.6) is 0 Å². The molecule has 2 aromatic heterocycles. The summed E-state index contributed by atoms with van der Waals surface area (Å²) in [6, 6.07) is 8.88. The number of alkyl halides is 2. The zero-order chi connectivity index (χ0) is 23.4. The number of hydrogen-bond acceptors (Lipinski definition) is 7. The van der Waals surface area contributed by atoms with E-state index in [1.807, 2.05) is 25.1 Å². The van der Waals surface area contributed by atoms with Gasteiger partial charge in [-0.2, -0.15) is 10.1 Å². The van der Waals surface area contributed by atoms with Gasteiger partial charge in [0.2, 0.25) is 0 Å². The molecule has 0 atom stereocenters. The van der Waals surface area contributed by atoms with Gasteiger partial charge in [-0.15, -0.1) is 0 Å². The van der Waals surface area contributed by atoms with E-state index in [-0.39, 0.29) is 35.5 Å². The molecule has 5 rings (SSSR count). The van der Waals surface area contributed by atoms with E-state index in [0.29, 0.717) is 5.82 Å². The van der Waals surface area contributed by atoms with Gasteiger partial charge in [-0.25, -0.2) is 13.6 Å². The summed E-state index contributed by atoms with van der Waals surface area (Å²) < 4.78 is 44.4. The fourth-order valence-corrected chi connectivity index (χ4v) is 4.82. The van der Waals surface area contributed by atoms with Crippen molar-refractivity contribution in [1.29, 1.82) is 0 Å². The van der Waals surface area contributed by atoms with E-state index in [0.717, 1.165) is 24.0 Å². The average molecular weight is 458 g/mol. The minimum absolute atomic E-state index is 0.0933. The Morgan fingerprint density at radius 1 is 1.24 bits per heavy atom. The maximum absolute atomic E-state index is 13.8. The molecule has 0 saturated heterocycles.